The molecular weight excluding hydrogens is 415 g/mol. The molecule has 6 atom stereocenters. The minimum absolute atomic E-state index is 0.0755. The van der Waals surface area contributed by atoms with Gasteiger partial charge in [-0.1, -0.05) is 36.0 Å². The van der Waals surface area contributed by atoms with Crippen LogP contribution in [0.2, 0.25) is 10.0 Å². The number of hydrogen-bond acceptors (Lipinski definition) is 3. The van der Waals surface area contributed by atoms with Crippen molar-refractivity contribution in [3.63, 3.8) is 0 Å². The number of halogens is 2. The molecule has 1 aromatic heterocycles. The number of aliphatic hydroxyl groups excluding tert-OH is 1. The van der Waals surface area contributed by atoms with Gasteiger partial charge in [-0.3, -0.25) is 4.98 Å². The lowest BCUT2D eigenvalue weighted by molar-refractivity contribution is 0.113. The summed E-state index contributed by atoms with van der Waals surface area (Å²) in [5, 5.41) is 17.1. The Kier molecular flexibility index (Phi) is 4.84. The standard InChI is InChI=1S/C25H30Cl2N2O/c26-17-9-18-19(24(30)21-3-1-2-6-28-21)11-22(29-23(18)20(27)10-17)25-12-14-4-5-16(25)8-15(7-14)13-25/h9-11,14-16,21,24,28,30H,1-8,12-13H2. The number of hydrogen-bond donors (Lipinski definition) is 2. The van der Waals surface area contributed by atoms with E-state index in [-0.39, 0.29) is 11.5 Å². The van der Waals surface area contributed by atoms with Crippen LogP contribution in [0.4, 0.5) is 0 Å². The van der Waals surface area contributed by atoms with Crippen molar-refractivity contribution in [3.8, 4) is 0 Å². The van der Waals surface area contributed by atoms with Crippen molar-refractivity contribution >= 4 is 34.1 Å². The van der Waals surface area contributed by atoms with Crippen LogP contribution >= 0.6 is 23.2 Å². The van der Waals surface area contributed by atoms with E-state index in [1.807, 2.05) is 6.07 Å². The van der Waals surface area contributed by atoms with Gasteiger partial charge in [0.25, 0.3) is 0 Å². The van der Waals surface area contributed by atoms with Crippen LogP contribution in [0.3, 0.4) is 0 Å². The highest BCUT2D eigenvalue weighted by atomic mass is 35.5. The Morgan fingerprint density at radius 1 is 1.03 bits per heavy atom. The molecule has 2 aromatic rings. The summed E-state index contributed by atoms with van der Waals surface area (Å²) in [6.45, 7) is 0.967. The summed E-state index contributed by atoms with van der Waals surface area (Å²) in [6, 6.07) is 6.04. The van der Waals surface area contributed by atoms with Crippen molar-refractivity contribution in [1.82, 2.24) is 10.3 Å². The van der Waals surface area contributed by atoms with Gasteiger partial charge in [0, 0.05) is 27.6 Å². The highest BCUT2D eigenvalue weighted by Crippen LogP contribution is 2.63. The molecule has 0 amide bonds. The Morgan fingerprint density at radius 2 is 1.90 bits per heavy atom. The van der Waals surface area contributed by atoms with Crippen molar-refractivity contribution in [2.75, 3.05) is 6.54 Å². The number of aliphatic hydroxyl groups is 1. The third-order valence-corrected chi connectivity index (χ3v) is 9.22. The summed E-state index contributed by atoms with van der Waals surface area (Å²) in [6.07, 6.45) is 10.7. The molecule has 6 unspecified atom stereocenters. The lowest BCUT2D eigenvalue weighted by Gasteiger charge is -2.45. The number of rotatable bonds is 3. The van der Waals surface area contributed by atoms with Crippen LogP contribution in [0.15, 0.2) is 18.2 Å². The van der Waals surface area contributed by atoms with Gasteiger partial charge in [0.15, 0.2) is 0 Å². The molecule has 4 aliphatic rings. The monoisotopic (exact) mass is 444 g/mol. The molecule has 1 aliphatic heterocycles. The van der Waals surface area contributed by atoms with Crippen LogP contribution in [0, 0.1) is 17.8 Å². The Hall–Kier alpha value is -0.870. The van der Waals surface area contributed by atoms with E-state index in [0.29, 0.717) is 10.0 Å². The maximum atomic E-state index is 11.5. The molecule has 2 heterocycles. The summed E-state index contributed by atoms with van der Waals surface area (Å²) >= 11 is 13.0. The van der Waals surface area contributed by atoms with E-state index >= 15 is 0 Å². The van der Waals surface area contributed by atoms with Gasteiger partial charge >= 0.3 is 0 Å². The number of benzene rings is 1. The molecule has 4 fully saturated rings. The molecule has 1 aromatic carbocycles. The van der Waals surface area contributed by atoms with Gasteiger partial charge < -0.3 is 10.4 Å². The average molecular weight is 445 g/mol. The molecular formula is C25H30Cl2N2O. The van der Waals surface area contributed by atoms with Crippen LogP contribution < -0.4 is 5.32 Å². The van der Waals surface area contributed by atoms with Crippen LogP contribution in [0.1, 0.15) is 75.1 Å². The molecule has 1 saturated heterocycles. The van der Waals surface area contributed by atoms with E-state index in [2.05, 4.69) is 11.4 Å². The van der Waals surface area contributed by atoms with Crippen LogP contribution in [0.25, 0.3) is 10.9 Å². The van der Waals surface area contributed by atoms with Gasteiger partial charge in [0.05, 0.1) is 16.6 Å². The Bertz CT molecular complexity index is 989. The number of pyridine rings is 1. The zero-order valence-corrected chi connectivity index (χ0v) is 18.9. The zero-order valence-electron chi connectivity index (χ0n) is 17.3. The summed E-state index contributed by atoms with van der Waals surface area (Å²) < 4.78 is 0. The Labute approximate surface area is 188 Å². The molecule has 0 spiro atoms. The van der Waals surface area contributed by atoms with E-state index in [1.165, 1.54) is 50.6 Å². The largest absolute Gasteiger partial charge is 0.387 e. The first kappa shape index (κ1) is 19.8. The smallest absolute Gasteiger partial charge is 0.0950 e. The fourth-order valence-electron chi connectivity index (χ4n) is 7.50. The summed E-state index contributed by atoms with van der Waals surface area (Å²) in [7, 11) is 0. The number of nitrogens with one attached hydrogen (secondary N) is 1. The van der Waals surface area contributed by atoms with Crippen molar-refractivity contribution in [2.45, 2.75) is 75.3 Å². The maximum absolute atomic E-state index is 11.5. The quantitative estimate of drug-likeness (QED) is 0.593. The number of piperidine rings is 1. The molecule has 160 valence electrons. The summed E-state index contributed by atoms with van der Waals surface area (Å²) in [4.78, 5) is 5.19. The zero-order chi connectivity index (χ0) is 20.5. The first-order valence-electron chi connectivity index (χ1n) is 11.7. The molecule has 0 radical (unpaired) electrons. The van der Waals surface area contributed by atoms with Gasteiger partial charge in [-0.2, -0.15) is 0 Å². The fraction of sp³-hybridized carbons (Fsp3) is 0.640. The van der Waals surface area contributed by atoms with Crippen LogP contribution in [0.5, 0.6) is 0 Å². The maximum Gasteiger partial charge on any atom is 0.0950 e. The molecule has 6 rings (SSSR count). The van der Waals surface area contributed by atoms with Gasteiger partial charge in [-0.15, -0.1) is 0 Å². The minimum atomic E-state index is -0.571. The molecule has 2 N–H and O–H groups in total. The number of fused-ring (bicyclic) bond motifs is 3. The van der Waals surface area contributed by atoms with E-state index < -0.39 is 6.10 Å². The Balaban J connectivity index is 1.52. The number of aromatic nitrogens is 1. The first-order chi connectivity index (χ1) is 14.5. The first-order valence-corrected chi connectivity index (χ1v) is 12.5. The number of nitrogens with zero attached hydrogens (tertiary/aromatic N) is 1. The van der Waals surface area contributed by atoms with E-state index in [1.54, 1.807) is 6.07 Å². The average Bonchev–Trinajstić information content (AvgIpc) is 2.90. The highest BCUT2D eigenvalue weighted by Gasteiger charge is 2.56. The molecule has 3 saturated carbocycles. The van der Waals surface area contributed by atoms with E-state index in [4.69, 9.17) is 28.2 Å². The van der Waals surface area contributed by atoms with Crippen LogP contribution in [-0.4, -0.2) is 22.7 Å². The van der Waals surface area contributed by atoms with Crippen molar-refractivity contribution in [2.24, 2.45) is 17.8 Å². The lowest BCUT2D eigenvalue weighted by atomic mass is 9.60. The topological polar surface area (TPSA) is 45.2 Å². The molecule has 30 heavy (non-hydrogen) atoms. The van der Waals surface area contributed by atoms with Gasteiger partial charge in [0.2, 0.25) is 0 Å². The van der Waals surface area contributed by atoms with E-state index in [0.717, 1.165) is 53.6 Å². The second-order valence-corrected chi connectivity index (χ2v) is 11.3. The highest BCUT2D eigenvalue weighted by molar-refractivity contribution is 6.38. The van der Waals surface area contributed by atoms with Gasteiger partial charge in [0.1, 0.15) is 0 Å². The minimum Gasteiger partial charge on any atom is -0.387 e. The second-order valence-electron chi connectivity index (χ2n) is 10.4. The fourth-order valence-corrected chi connectivity index (χ4v) is 8.04. The summed E-state index contributed by atoms with van der Waals surface area (Å²) in [5.74, 6) is 2.42. The lowest BCUT2D eigenvalue weighted by Crippen LogP contribution is -2.41. The second kappa shape index (κ2) is 7.33. The molecule has 3 nitrogen and oxygen atoms in total. The third-order valence-electron chi connectivity index (χ3n) is 8.72. The molecule has 5 heteroatoms. The molecule has 3 bridgehead atoms. The van der Waals surface area contributed by atoms with Gasteiger partial charge in [-0.05, 0) is 93.0 Å². The van der Waals surface area contributed by atoms with Crippen LogP contribution in [-0.2, 0) is 5.41 Å². The van der Waals surface area contributed by atoms with E-state index in [9.17, 15) is 5.11 Å². The Morgan fingerprint density at radius 3 is 2.73 bits per heavy atom. The summed E-state index contributed by atoms with van der Waals surface area (Å²) in [5.41, 5.74) is 3.12. The normalized spacial score (nSPS) is 36.4. The van der Waals surface area contributed by atoms with Crippen molar-refractivity contribution in [1.29, 1.82) is 0 Å². The van der Waals surface area contributed by atoms with Crippen molar-refractivity contribution < 1.29 is 5.11 Å². The third kappa shape index (κ3) is 3.03. The SMILES string of the molecule is OC(c1cc(C23CC4CCC2CC(C4)C3)nc2c(Cl)cc(Cl)cc12)C1CCCCN1. The molecule has 3 aliphatic carbocycles. The van der Waals surface area contributed by atoms with Gasteiger partial charge in [-0.25, -0.2) is 0 Å². The predicted octanol–water partition coefficient (Wildman–Crippen LogP) is 6.18. The predicted molar refractivity (Wildman–Crippen MR) is 122 cm³/mol. The van der Waals surface area contributed by atoms with Crippen molar-refractivity contribution in [3.05, 3.63) is 39.5 Å².